The summed E-state index contributed by atoms with van der Waals surface area (Å²) in [6.07, 6.45) is 0.930. The van der Waals surface area contributed by atoms with Gasteiger partial charge < -0.3 is 20.5 Å². The number of nitrogens with two attached hydrogens (primary N) is 1. The van der Waals surface area contributed by atoms with Crippen LogP contribution in [-0.2, 0) is 0 Å². The van der Waals surface area contributed by atoms with Crippen molar-refractivity contribution in [3.63, 3.8) is 0 Å². The second kappa shape index (κ2) is 6.23. The van der Waals surface area contributed by atoms with E-state index in [0.29, 0.717) is 6.54 Å². The average molecular weight is 224 g/mol. The molecule has 1 aromatic rings. The lowest BCUT2D eigenvalue weighted by Gasteiger charge is -2.14. The Morgan fingerprint density at radius 1 is 1.19 bits per heavy atom. The number of anilines is 1. The summed E-state index contributed by atoms with van der Waals surface area (Å²) in [7, 11) is 3.33. The molecule has 0 spiro atoms. The molecule has 0 aliphatic rings. The van der Waals surface area contributed by atoms with Gasteiger partial charge in [0, 0.05) is 12.6 Å². The smallest absolute Gasteiger partial charge is 0.142 e. The predicted molar refractivity (Wildman–Crippen MR) is 66.4 cm³/mol. The molecule has 0 aromatic heterocycles. The molecular formula is C12H20N2O2. The van der Waals surface area contributed by atoms with Crippen LogP contribution < -0.4 is 20.5 Å². The van der Waals surface area contributed by atoms with E-state index >= 15 is 0 Å². The number of hydrogen-bond donors (Lipinski definition) is 2. The van der Waals surface area contributed by atoms with E-state index in [-0.39, 0.29) is 0 Å². The standard InChI is InChI=1S/C12H20N2O2/c1-9-7-12(16-3)10(8-11(9)15-2)14-6-4-5-13/h7-8,14H,4-6,13H2,1-3H3. The number of benzene rings is 1. The fourth-order valence-electron chi connectivity index (χ4n) is 1.51. The van der Waals surface area contributed by atoms with Crippen LogP contribution in [0.1, 0.15) is 12.0 Å². The lowest BCUT2D eigenvalue weighted by atomic mass is 10.2. The van der Waals surface area contributed by atoms with Crippen LogP contribution in [0.15, 0.2) is 12.1 Å². The molecule has 0 atom stereocenters. The lowest BCUT2D eigenvalue weighted by Crippen LogP contribution is -2.09. The molecule has 0 unspecified atom stereocenters. The molecule has 0 aliphatic heterocycles. The SMILES string of the molecule is COc1cc(NCCCN)c(OC)cc1C. The van der Waals surface area contributed by atoms with E-state index in [2.05, 4.69) is 5.32 Å². The third-order valence-corrected chi connectivity index (χ3v) is 2.41. The minimum atomic E-state index is 0.679. The molecule has 4 heteroatoms. The Labute approximate surface area is 96.7 Å². The number of aryl methyl sites for hydroxylation is 1. The van der Waals surface area contributed by atoms with Gasteiger partial charge in [-0.1, -0.05) is 0 Å². The first-order chi connectivity index (χ1) is 7.72. The third-order valence-electron chi connectivity index (χ3n) is 2.41. The highest BCUT2D eigenvalue weighted by Gasteiger charge is 2.07. The molecule has 0 heterocycles. The van der Waals surface area contributed by atoms with Gasteiger partial charge in [0.1, 0.15) is 11.5 Å². The third kappa shape index (κ3) is 3.03. The molecule has 0 radical (unpaired) electrons. The lowest BCUT2D eigenvalue weighted by molar-refractivity contribution is 0.402. The van der Waals surface area contributed by atoms with Crippen LogP contribution in [0, 0.1) is 6.92 Å². The highest BCUT2D eigenvalue weighted by atomic mass is 16.5. The van der Waals surface area contributed by atoms with E-state index in [4.69, 9.17) is 15.2 Å². The first-order valence-corrected chi connectivity index (χ1v) is 5.39. The second-order valence-corrected chi connectivity index (χ2v) is 3.59. The largest absolute Gasteiger partial charge is 0.496 e. The van der Waals surface area contributed by atoms with Gasteiger partial charge in [-0.2, -0.15) is 0 Å². The van der Waals surface area contributed by atoms with Crippen molar-refractivity contribution >= 4 is 5.69 Å². The number of methoxy groups -OCH3 is 2. The number of rotatable bonds is 6. The molecule has 0 saturated heterocycles. The molecule has 0 aliphatic carbocycles. The Kier molecular flexibility index (Phi) is 4.92. The predicted octanol–water partition coefficient (Wildman–Crippen LogP) is 1.77. The summed E-state index contributed by atoms with van der Waals surface area (Å²) >= 11 is 0. The molecule has 0 bridgehead atoms. The highest BCUT2D eigenvalue weighted by Crippen LogP contribution is 2.32. The molecule has 1 rings (SSSR count). The van der Waals surface area contributed by atoms with Crippen molar-refractivity contribution in [2.24, 2.45) is 5.73 Å². The second-order valence-electron chi connectivity index (χ2n) is 3.59. The van der Waals surface area contributed by atoms with Crippen LogP contribution in [-0.4, -0.2) is 27.3 Å². The molecule has 4 nitrogen and oxygen atoms in total. The molecule has 16 heavy (non-hydrogen) atoms. The van der Waals surface area contributed by atoms with E-state index in [0.717, 1.165) is 35.7 Å². The minimum Gasteiger partial charge on any atom is -0.496 e. The van der Waals surface area contributed by atoms with Crippen LogP contribution in [0.5, 0.6) is 11.5 Å². The van der Waals surface area contributed by atoms with Gasteiger partial charge in [-0.05, 0) is 31.5 Å². The zero-order chi connectivity index (χ0) is 12.0. The van der Waals surface area contributed by atoms with Crippen LogP contribution in [0.4, 0.5) is 5.69 Å². The summed E-state index contributed by atoms with van der Waals surface area (Å²) < 4.78 is 10.6. The molecule has 3 N–H and O–H groups in total. The summed E-state index contributed by atoms with van der Waals surface area (Å²) in [5, 5.41) is 3.28. The average Bonchev–Trinajstić information content (AvgIpc) is 2.30. The van der Waals surface area contributed by atoms with Gasteiger partial charge in [-0.15, -0.1) is 0 Å². The molecule has 1 aromatic carbocycles. The maximum Gasteiger partial charge on any atom is 0.142 e. The van der Waals surface area contributed by atoms with Crippen molar-refractivity contribution in [3.05, 3.63) is 17.7 Å². The zero-order valence-corrected chi connectivity index (χ0v) is 10.2. The van der Waals surface area contributed by atoms with Gasteiger partial charge in [0.25, 0.3) is 0 Å². The number of nitrogens with one attached hydrogen (secondary N) is 1. The van der Waals surface area contributed by atoms with Crippen molar-refractivity contribution in [2.75, 3.05) is 32.6 Å². The normalized spacial score (nSPS) is 10.0. The van der Waals surface area contributed by atoms with Gasteiger partial charge in [-0.3, -0.25) is 0 Å². The van der Waals surface area contributed by atoms with Gasteiger partial charge in [0.15, 0.2) is 0 Å². The first-order valence-electron chi connectivity index (χ1n) is 5.39. The maximum atomic E-state index is 5.45. The first kappa shape index (κ1) is 12.6. The molecule has 0 amide bonds. The summed E-state index contributed by atoms with van der Waals surface area (Å²) in [6.45, 7) is 3.50. The quantitative estimate of drug-likeness (QED) is 0.723. The molecule has 0 saturated carbocycles. The van der Waals surface area contributed by atoms with Crippen molar-refractivity contribution in [1.82, 2.24) is 0 Å². The fraction of sp³-hybridized carbons (Fsp3) is 0.500. The molecular weight excluding hydrogens is 204 g/mol. The molecule has 0 fully saturated rings. The van der Waals surface area contributed by atoms with E-state index in [9.17, 15) is 0 Å². The minimum absolute atomic E-state index is 0.679. The van der Waals surface area contributed by atoms with Gasteiger partial charge in [-0.25, -0.2) is 0 Å². The number of hydrogen-bond acceptors (Lipinski definition) is 4. The summed E-state index contributed by atoms with van der Waals surface area (Å²) in [5.41, 5.74) is 7.45. The molecule has 90 valence electrons. The van der Waals surface area contributed by atoms with Crippen molar-refractivity contribution in [3.8, 4) is 11.5 Å². The van der Waals surface area contributed by atoms with E-state index in [1.54, 1.807) is 14.2 Å². The Hall–Kier alpha value is -1.42. The van der Waals surface area contributed by atoms with Crippen LogP contribution in [0.25, 0.3) is 0 Å². The Bertz CT molecular complexity index is 340. The number of ether oxygens (including phenoxy) is 2. The van der Waals surface area contributed by atoms with Crippen molar-refractivity contribution < 1.29 is 9.47 Å². The summed E-state index contributed by atoms with van der Waals surface area (Å²) in [6, 6.07) is 3.91. The fourth-order valence-corrected chi connectivity index (χ4v) is 1.51. The summed E-state index contributed by atoms with van der Waals surface area (Å²) in [5.74, 6) is 1.69. The maximum absolute atomic E-state index is 5.45. The zero-order valence-electron chi connectivity index (χ0n) is 10.2. The van der Waals surface area contributed by atoms with Crippen LogP contribution >= 0.6 is 0 Å². The van der Waals surface area contributed by atoms with Crippen LogP contribution in [0.3, 0.4) is 0 Å². The highest BCUT2D eigenvalue weighted by molar-refractivity contribution is 5.62. The van der Waals surface area contributed by atoms with Crippen LogP contribution in [0.2, 0.25) is 0 Å². The van der Waals surface area contributed by atoms with Crippen molar-refractivity contribution in [1.29, 1.82) is 0 Å². The van der Waals surface area contributed by atoms with Crippen molar-refractivity contribution in [2.45, 2.75) is 13.3 Å². The monoisotopic (exact) mass is 224 g/mol. The van der Waals surface area contributed by atoms with E-state index < -0.39 is 0 Å². The van der Waals surface area contributed by atoms with Gasteiger partial charge >= 0.3 is 0 Å². The van der Waals surface area contributed by atoms with E-state index in [1.165, 1.54) is 0 Å². The Morgan fingerprint density at radius 3 is 2.44 bits per heavy atom. The summed E-state index contributed by atoms with van der Waals surface area (Å²) in [4.78, 5) is 0. The van der Waals surface area contributed by atoms with Gasteiger partial charge in [0.05, 0.1) is 19.9 Å². The Balaban J connectivity index is 2.86. The van der Waals surface area contributed by atoms with E-state index in [1.807, 2.05) is 19.1 Å². The van der Waals surface area contributed by atoms with Gasteiger partial charge in [0.2, 0.25) is 0 Å². The topological polar surface area (TPSA) is 56.5 Å². The Morgan fingerprint density at radius 2 is 1.88 bits per heavy atom.